The molecule has 2 aromatic carbocycles. The van der Waals surface area contributed by atoms with Crippen LogP contribution in [0.3, 0.4) is 0 Å². The molecule has 2 heterocycles. The van der Waals surface area contributed by atoms with Gasteiger partial charge >= 0.3 is 0 Å². The van der Waals surface area contributed by atoms with Crippen molar-refractivity contribution in [1.82, 2.24) is 9.97 Å². The lowest BCUT2D eigenvalue weighted by Gasteiger charge is -2.17. The number of hydrogen-bond donors (Lipinski definition) is 2. The molecule has 0 aliphatic carbocycles. The lowest BCUT2D eigenvalue weighted by molar-refractivity contribution is 0.102. The van der Waals surface area contributed by atoms with E-state index in [2.05, 4.69) is 25.5 Å². The Balaban J connectivity index is 1.44. The van der Waals surface area contributed by atoms with Crippen molar-refractivity contribution in [3.63, 3.8) is 0 Å². The minimum Gasteiger partial charge on any atom is -0.372 e. The predicted octanol–water partition coefficient (Wildman–Crippen LogP) is 4.35. The van der Waals surface area contributed by atoms with Crippen LogP contribution in [0.15, 0.2) is 54.9 Å². The number of carbonyl (C=O) groups excluding carboxylic acids is 1. The zero-order chi connectivity index (χ0) is 20.2. The van der Waals surface area contributed by atoms with Crippen molar-refractivity contribution in [1.29, 1.82) is 0 Å². The molecule has 0 saturated carbocycles. The summed E-state index contributed by atoms with van der Waals surface area (Å²) in [6.45, 7) is 2.15. The van der Waals surface area contributed by atoms with Crippen LogP contribution in [0.2, 0.25) is 0 Å². The maximum absolute atomic E-state index is 13.7. The van der Waals surface area contributed by atoms with Crippen LogP contribution in [0.5, 0.6) is 0 Å². The molecule has 1 aliphatic rings. The number of nitrogens with one attached hydrogen (secondary N) is 2. The number of hydrogen-bond acceptors (Lipinski definition) is 5. The van der Waals surface area contributed by atoms with E-state index in [9.17, 15) is 13.6 Å². The zero-order valence-corrected chi connectivity index (χ0v) is 15.5. The van der Waals surface area contributed by atoms with Crippen molar-refractivity contribution in [3.8, 4) is 0 Å². The number of rotatable bonds is 5. The van der Waals surface area contributed by atoms with Crippen molar-refractivity contribution in [2.75, 3.05) is 28.6 Å². The fourth-order valence-electron chi connectivity index (χ4n) is 3.21. The molecule has 8 heteroatoms. The highest BCUT2D eigenvalue weighted by Gasteiger charge is 2.14. The number of nitrogens with zero attached hydrogens (tertiary/aromatic N) is 3. The van der Waals surface area contributed by atoms with Crippen LogP contribution in [0, 0.1) is 11.6 Å². The Bertz CT molecular complexity index is 1020. The molecule has 3 aromatic rings. The molecule has 148 valence electrons. The van der Waals surface area contributed by atoms with Gasteiger partial charge in [-0.05, 0) is 49.2 Å². The Morgan fingerprint density at radius 1 is 0.966 bits per heavy atom. The minimum atomic E-state index is -0.858. The number of halogens is 2. The highest BCUT2D eigenvalue weighted by atomic mass is 19.1. The molecule has 0 bridgehead atoms. The minimum absolute atomic E-state index is 0.0555. The molecular formula is C21H19F2N5O. The van der Waals surface area contributed by atoms with Crippen LogP contribution >= 0.6 is 0 Å². The number of aromatic nitrogens is 2. The first-order valence-corrected chi connectivity index (χ1v) is 9.29. The van der Waals surface area contributed by atoms with E-state index in [1.165, 1.54) is 30.9 Å². The Hall–Kier alpha value is -3.55. The third kappa shape index (κ3) is 4.48. The van der Waals surface area contributed by atoms with Gasteiger partial charge in [0.1, 0.15) is 29.5 Å². The van der Waals surface area contributed by atoms with Crippen LogP contribution in [0.1, 0.15) is 23.3 Å². The lowest BCUT2D eigenvalue weighted by atomic mass is 10.2. The van der Waals surface area contributed by atoms with E-state index in [4.69, 9.17) is 0 Å². The van der Waals surface area contributed by atoms with Crippen molar-refractivity contribution >= 4 is 28.8 Å². The highest BCUT2D eigenvalue weighted by Crippen LogP contribution is 2.23. The third-order valence-electron chi connectivity index (χ3n) is 4.69. The molecule has 0 radical (unpaired) electrons. The first kappa shape index (κ1) is 18.8. The lowest BCUT2D eigenvalue weighted by Crippen LogP contribution is -2.17. The predicted molar refractivity (Wildman–Crippen MR) is 108 cm³/mol. The summed E-state index contributed by atoms with van der Waals surface area (Å²) in [7, 11) is 0. The van der Waals surface area contributed by atoms with Crippen LogP contribution in [-0.2, 0) is 0 Å². The van der Waals surface area contributed by atoms with E-state index in [0.29, 0.717) is 11.9 Å². The summed E-state index contributed by atoms with van der Waals surface area (Å²) in [5, 5.41) is 5.51. The Labute approximate surface area is 166 Å². The van der Waals surface area contributed by atoms with Crippen LogP contribution in [0.4, 0.5) is 31.7 Å². The van der Waals surface area contributed by atoms with Crippen molar-refractivity contribution < 1.29 is 13.6 Å². The summed E-state index contributed by atoms with van der Waals surface area (Å²) in [6.07, 6.45) is 3.68. The summed E-state index contributed by atoms with van der Waals surface area (Å²) in [5.74, 6) is -1.77. The Morgan fingerprint density at radius 3 is 2.45 bits per heavy atom. The molecule has 0 atom stereocenters. The Morgan fingerprint density at radius 2 is 1.72 bits per heavy atom. The van der Waals surface area contributed by atoms with Crippen LogP contribution < -0.4 is 15.5 Å². The molecule has 4 rings (SSSR count). The van der Waals surface area contributed by atoms with Gasteiger partial charge in [-0.2, -0.15) is 0 Å². The normalized spacial score (nSPS) is 13.4. The van der Waals surface area contributed by atoms with Gasteiger partial charge in [0, 0.05) is 36.6 Å². The highest BCUT2D eigenvalue weighted by molar-refractivity contribution is 6.03. The van der Waals surface area contributed by atoms with E-state index >= 15 is 0 Å². The maximum Gasteiger partial charge on any atom is 0.274 e. The van der Waals surface area contributed by atoms with Gasteiger partial charge in [-0.25, -0.2) is 18.7 Å². The molecule has 0 spiro atoms. The van der Waals surface area contributed by atoms with Gasteiger partial charge in [0.15, 0.2) is 0 Å². The summed E-state index contributed by atoms with van der Waals surface area (Å²) in [6, 6.07) is 12.4. The smallest absolute Gasteiger partial charge is 0.274 e. The number of benzene rings is 2. The second-order valence-electron chi connectivity index (χ2n) is 6.73. The van der Waals surface area contributed by atoms with E-state index in [1.807, 2.05) is 24.3 Å². The van der Waals surface area contributed by atoms with Gasteiger partial charge in [0.2, 0.25) is 0 Å². The standard InChI is InChI=1S/C21H19F2N5O/c22-14-3-8-18(17(23)11-14)27-21(29)19-12-20(25-13-24-19)26-15-4-6-16(7-5-15)28-9-1-2-10-28/h3-8,11-13H,1-2,9-10H2,(H,27,29)(H,24,25,26). The van der Waals surface area contributed by atoms with Gasteiger partial charge in [-0.15, -0.1) is 0 Å². The summed E-state index contributed by atoms with van der Waals surface area (Å²) in [4.78, 5) is 22.7. The van der Waals surface area contributed by atoms with E-state index in [1.54, 1.807) is 0 Å². The van der Waals surface area contributed by atoms with Crippen molar-refractivity contribution in [2.24, 2.45) is 0 Å². The molecule has 1 aromatic heterocycles. The van der Waals surface area contributed by atoms with Crippen molar-refractivity contribution in [3.05, 3.63) is 72.2 Å². The van der Waals surface area contributed by atoms with Crippen LogP contribution in [-0.4, -0.2) is 29.0 Å². The number of amides is 1. The van der Waals surface area contributed by atoms with E-state index in [0.717, 1.165) is 30.9 Å². The second-order valence-corrected chi connectivity index (χ2v) is 6.73. The van der Waals surface area contributed by atoms with E-state index < -0.39 is 17.5 Å². The molecule has 0 unspecified atom stereocenters. The average Bonchev–Trinajstić information content (AvgIpc) is 3.26. The molecule has 1 amide bonds. The molecule has 29 heavy (non-hydrogen) atoms. The zero-order valence-electron chi connectivity index (χ0n) is 15.5. The SMILES string of the molecule is O=C(Nc1ccc(F)cc1F)c1cc(Nc2ccc(N3CCCC3)cc2)ncn1. The summed E-state index contributed by atoms with van der Waals surface area (Å²) >= 11 is 0. The molecule has 1 saturated heterocycles. The number of anilines is 4. The first-order valence-electron chi connectivity index (χ1n) is 9.29. The summed E-state index contributed by atoms with van der Waals surface area (Å²) in [5.41, 5.74) is 1.93. The first-order chi connectivity index (χ1) is 14.1. The third-order valence-corrected chi connectivity index (χ3v) is 4.69. The van der Waals surface area contributed by atoms with Gasteiger partial charge in [-0.1, -0.05) is 0 Å². The fraction of sp³-hybridized carbons (Fsp3) is 0.190. The summed E-state index contributed by atoms with van der Waals surface area (Å²) < 4.78 is 26.7. The van der Waals surface area contributed by atoms with Gasteiger partial charge in [0.25, 0.3) is 5.91 Å². The average molecular weight is 395 g/mol. The van der Waals surface area contributed by atoms with Crippen LogP contribution in [0.25, 0.3) is 0 Å². The molecule has 1 aliphatic heterocycles. The van der Waals surface area contributed by atoms with E-state index in [-0.39, 0.29) is 11.4 Å². The quantitative estimate of drug-likeness (QED) is 0.672. The van der Waals surface area contributed by atoms with Gasteiger partial charge < -0.3 is 15.5 Å². The molecular weight excluding hydrogens is 376 g/mol. The molecule has 6 nitrogen and oxygen atoms in total. The van der Waals surface area contributed by atoms with Gasteiger partial charge in [-0.3, -0.25) is 4.79 Å². The Kier molecular flexibility index (Phi) is 5.33. The topological polar surface area (TPSA) is 70.2 Å². The fourth-order valence-corrected chi connectivity index (χ4v) is 3.21. The monoisotopic (exact) mass is 395 g/mol. The largest absolute Gasteiger partial charge is 0.372 e. The molecule has 2 N–H and O–H groups in total. The van der Waals surface area contributed by atoms with Gasteiger partial charge in [0.05, 0.1) is 5.69 Å². The van der Waals surface area contributed by atoms with Crippen molar-refractivity contribution in [2.45, 2.75) is 12.8 Å². The number of carbonyl (C=O) groups is 1. The second kappa shape index (κ2) is 8.22. The molecule has 1 fully saturated rings. The maximum atomic E-state index is 13.7.